The van der Waals surface area contributed by atoms with Crippen LogP contribution < -0.4 is 4.74 Å². The maximum atomic E-state index is 14.6. The highest BCUT2D eigenvalue weighted by molar-refractivity contribution is 5.35. The first-order valence-electron chi connectivity index (χ1n) is 7.36. The Morgan fingerprint density at radius 3 is 2.60 bits per heavy atom. The van der Waals surface area contributed by atoms with Crippen molar-refractivity contribution in [1.29, 1.82) is 0 Å². The van der Waals surface area contributed by atoms with Gasteiger partial charge in [0.15, 0.2) is 11.6 Å². The van der Waals surface area contributed by atoms with Crippen LogP contribution in [-0.4, -0.2) is 12.2 Å². The summed E-state index contributed by atoms with van der Waals surface area (Å²) in [6.07, 6.45) is 3.56. The average molecular weight is 280 g/mol. The Morgan fingerprint density at radius 1 is 1.30 bits per heavy atom. The number of rotatable bonds is 2. The zero-order chi connectivity index (χ0) is 15.0. The molecule has 1 aliphatic rings. The summed E-state index contributed by atoms with van der Waals surface area (Å²) in [4.78, 5) is 0. The molecule has 0 radical (unpaired) electrons. The molecule has 1 aliphatic carbocycles. The van der Waals surface area contributed by atoms with E-state index in [2.05, 4.69) is 20.8 Å². The van der Waals surface area contributed by atoms with Crippen molar-refractivity contribution < 1.29 is 14.2 Å². The average Bonchev–Trinajstić information content (AvgIpc) is 2.38. The summed E-state index contributed by atoms with van der Waals surface area (Å²) in [5.74, 6) is -0.173. The Bertz CT molecular complexity index is 478. The molecule has 20 heavy (non-hydrogen) atoms. The molecule has 0 saturated heterocycles. The van der Waals surface area contributed by atoms with E-state index in [1.807, 2.05) is 0 Å². The second-order valence-electron chi connectivity index (χ2n) is 6.91. The molecule has 112 valence electrons. The van der Waals surface area contributed by atoms with E-state index in [1.165, 1.54) is 7.11 Å². The molecule has 1 fully saturated rings. The fraction of sp³-hybridized carbons (Fsp3) is 0.647. The minimum Gasteiger partial charge on any atom is -0.494 e. The van der Waals surface area contributed by atoms with Gasteiger partial charge in [-0.2, -0.15) is 0 Å². The lowest BCUT2D eigenvalue weighted by atomic mass is 9.61. The zero-order valence-corrected chi connectivity index (χ0v) is 12.9. The molecule has 1 aromatic rings. The van der Waals surface area contributed by atoms with Gasteiger partial charge in [-0.25, -0.2) is 4.39 Å². The summed E-state index contributed by atoms with van der Waals surface area (Å²) in [5.41, 5.74) is -0.781. The minimum atomic E-state index is -1.10. The molecule has 2 rings (SSSR count). The zero-order valence-electron chi connectivity index (χ0n) is 12.9. The molecule has 1 N–H and O–H groups in total. The number of hydrogen-bond donors (Lipinski definition) is 1. The van der Waals surface area contributed by atoms with E-state index in [9.17, 15) is 9.50 Å². The molecular weight excluding hydrogens is 255 g/mol. The molecular formula is C17H25FO2. The van der Waals surface area contributed by atoms with Gasteiger partial charge in [0.2, 0.25) is 0 Å². The molecule has 0 aliphatic heterocycles. The van der Waals surface area contributed by atoms with Crippen molar-refractivity contribution in [2.75, 3.05) is 7.11 Å². The highest BCUT2D eigenvalue weighted by Crippen LogP contribution is 2.50. The first-order valence-corrected chi connectivity index (χ1v) is 7.36. The molecule has 2 unspecified atom stereocenters. The van der Waals surface area contributed by atoms with Crippen LogP contribution in [0.4, 0.5) is 4.39 Å². The van der Waals surface area contributed by atoms with Crippen molar-refractivity contribution in [2.24, 2.45) is 11.3 Å². The predicted molar refractivity (Wildman–Crippen MR) is 78.3 cm³/mol. The molecule has 0 heterocycles. The second-order valence-corrected chi connectivity index (χ2v) is 6.91. The molecule has 2 atom stereocenters. The van der Waals surface area contributed by atoms with Gasteiger partial charge in [0.1, 0.15) is 0 Å². The number of hydrogen-bond acceptors (Lipinski definition) is 2. The van der Waals surface area contributed by atoms with Crippen LogP contribution in [0.2, 0.25) is 0 Å². The fourth-order valence-electron chi connectivity index (χ4n) is 3.63. The van der Waals surface area contributed by atoms with Gasteiger partial charge in [0, 0.05) is 5.56 Å². The smallest absolute Gasteiger partial charge is 0.171 e. The van der Waals surface area contributed by atoms with Gasteiger partial charge in [-0.05, 0) is 30.2 Å². The van der Waals surface area contributed by atoms with Gasteiger partial charge in [0.25, 0.3) is 0 Å². The van der Waals surface area contributed by atoms with Crippen molar-refractivity contribution in [3.05, 3.63) is 29.6 Å². The number of halogens is 1. The lowest BCUT2D eigenvalue weighted by Crippen LogP contribution is -2.45. The van der Waals surface area contributed by atoms with Gasteiger partial charge in [-0.1, -0.05) is 45.7 Å². The van der Waals surface area contributed by atoms with E-state index in [-0.39, 0.29) is 17.1 Å². The van der Waals surface area contributed by atoms with E-state index in [1.54, 1.807) is 18.2 Å². The number of benzene rings is 1. The van der Waals surface area contributed by atoms with Crippen molar-refractivity contribution in [3.63, 3.8) is 0 Å². The number of ether oxygens (including phenoxy) is 1. The summed E-state index contributed by atoms with van der Waals surface area (Å²) < 4.78 is 19.6. The van der Waals surface area contributed by atoms with Crippen LogP contribution in [0.3, 0.4) is 0 Å². The van der Waals surface area contributed by atoms with Gasteiger partial charge < -0.3 is 9.84 Å². The Hall–Kier alpha value is -1.09. The summed E-state index contributed by atoms with van der Waals surface area (Å²) in [6.45, 7) is 6.35. The van der Waals surface area contributed by atoms with E-state index in [0.717, 1.165) is 19.3 Å². The van der Waals surface area contributed by atoms with Crippen molar-refractivity contribution in [2.45, 2.75) is 52.1 Å². The molecule has 0 bridgehead atoms. The van der Waals surface area contributed by atoms with Crippen LogP contribution in [0.25, 0.3) is 0 Å². The van der Waals surface area contributed by atoms with Crippen molar-refractivity contribution in [1.82, 2.24) is 0 Å². The summed E-state index contributed by atoms with van der Waals surface area (Å²) in [6, 6.07) is 5.04. The van der Waals surface area contributed by atoms with E-state index in [4.69, 9.17) is 4.74 Å². The standard InChI is InChI=1S/C17H25FO2/c1-16(2,3)14-10-5-6-11-17(14,19)12-8-7-9-13(20-4)15(12)18/h7-9,14,19H,5-6,10-11H2,1-4H3. The van der Waals surface area contributed by atoms with Crippen LogP contribution in [0.1, 0.15) is 52.0 Å². The topological polar surface area (TPSA) is 29.5 Å². The van der Waals surface area contributed by atoms with E-state index in [0.29, 0.717) is 12.0 Å². The minimum absolute atomic E-state index is 0.0466. The van der Waals surface area contributed by atoms with Gasteiger partial charge >= 0.3 is 0 Å². The number of methoxy groups -OCH3 is 1. The maximum Gasteiger partial charge on any atom is 0.171 e. The molecule has 1 saturated carbocycles. The normalized spacial score (nSPS) is 27.4. The van der Waals surface area contributed by atoms with Crippen molar-refractivity contribution in [3.8, 4) is 5.75 Å². The quantitative estimate of drug-likeness (QED) is 0.877. The summed E-state index contributed by atoms with van der Waals surface area (Å²) in [5, 5.41) is 11.2. The van der Waals surface area contributed by atoms with E-state index >= 15 is 0 Å². The monoisotopic (exact) mass is 280 g/mol. The first kappa shape index (κ1) is 15.3. The number of aliphatic hydroxyl groups is 1. The fourth-order valence-corrected chi connectivity index (χ4v) is 3.63. The summed E-state index contributed by atoms with van der Waals surface area (Å²) >= 11 is 0. The molecule has 1 aromatic carbocycles. The van der Waals surface area contributed by atoms with E-state index < -0.39 is 11.4 Å². The van der Waals surface area contributed by atoms with Crippen LogP contribution in [0.15, 0.2) is 18.2 Å². The third-order valence-electron chi connectivity index (χ3n) is 4.57. The lowest BCUT2D eigenvalue weighted by molar-refractivity contribution is -0.0981. The highest BCUT2D eigenvalue weighted by atomic mass is 19.1. The third-order valence-corrected chi connectivity index (χ3v) is 4.57. The molecule has 3 heteroatoms. The van der Waals surface area contributed by atoms with Gasteiger partial charge in [0.05, 0.1) is 12.7 Å². The SMILES string of the molecule is COc1cccc(C2(O)CCCCC2C(C)(C)C)c1F. The lowest BCUT2D eigenvalue weighted by Gasteiger charge is -2.47. The van der Waals surface area contributed by atoms with Crippen LogP contribution in [0, 0.1) is 17.2 Å². The third kappa shape index (κ3) is 2.56. The molecule has 0 amide bonds. The summed E-state index contributed by atoms with van der Waals surface area (Å²) in [7, 11) is 1.45. The van der Waals surface area contributed by atoms with Gasteiger partial charge in [-0.15, -0.1) is 0 Å². The largest absolute Gasteiger partial charge is 0.494 e. The Labute approximate surface area is 121 Å². The molecule has 2 nitrogen and oxygen atoms in total. The first-order chi connectivity index (χ1) is 9.30. The maximum absolute atomic E-state index is 14.6. The molecule has 0 spiro atoms. The predicted octanol–water partition coefficient (Wildman–Crippen LogP) is 4.26. The highest BCUT2D eigenvalue weighted by Gasteiger charge is 2.47. The van der Waals surface area contributed by atoms with Crippen molar-refractivity contribution >= 4 is 0 Å². The van der Waals surface area contributed by atoms with Gasteiger partial charge in [-0.3, -0.25) is 0 Å². The Balaban J connectivity index is 2.52. The van der Waals surface area contributed by atoms with Crippen LogP contribution >= 0.6 is 0 Å². The Kier molecular flexibility index (Phi) is 4.10. The second kappa shape index (κ2) is 5.36. The van der Waals surface area contributed by atoms with Crippen LogP contribution in [-0.2, 0) is 5.60 Å². The van der Waals surface area contributed by atoms with Crippen LogP contribution in [0.5, 0.6) is 5.75 Å². The molecule has 0 aromatic heterocycles. The Morgan fingerprint density at radius 2 is 2.00 bits per heavy atom.